The monoisotopic (exact) mass is 366 g/mol. The van der Waals surface area contributed by atoms with E-state index >= 15 is 0 Å². The molecule has 1 heterocycles. The minimum atomic E-state index is -0.471. The van der Waals surface area contributed by atoms with Crippen LogP contribution >= 0.6 is 15.9 Å². The van der Waals surface area contributed by atoms with Gasteiger partial charge in [0.2, 0.25) is 6.79 Å². The van der Waals surface area contributed by atoms with Crippen LogP contribution in [0.2, 0.25) is 0 Å². The fourth-order valence-corrected chi connectivity index (χ4v) is 2.57. The van der Waals surface area contributed by atoms with Crippen molar-refractivity contribution >= 4 is 21.7 Å². The summed E-state index contributed by atoms with van der Waals surface area (Å²) in [6, 6.07) is 7.50. The van der Waals surface area contributed by atoms with Crippen LogP contribution in [-0.4, -0.2) is 12.6 Å². The van der Waals surface area contributed by atoms with Crippen LogP contribution in [0.15, 0.2) is 34.8 Å². The molecule has 0 radical (unpaired) electrons. The number of Topliss-reactive ketones (excluding diaryl/α,β-unsaturated/α-hetero) is 1. The molecule has 0 fully saturated rings. The van der Waals surface area contributed by atoms with E-state index in [1.807, 2.05) is 6.07 Å². The van der Waals surface area contributed by atoms with Gasteiger partial charge in [0.1, 0.15) is 18.2 Å². The first-order valence-corrected chi connectivity index (χ1v) is 7.35. The Kier molecular flexibility index (Phi) is 4.02. The topological polar surface area (TPSA) is 44.8 Å². The Labute approximate surface area is 134 Å². The van der Waals surface area contributed by atoms with Gasteiger partial charge >= 0.3 is 0 Å². The Hall–Kier alpha value is -2.08. The minimum absolute atomic E-state index is 0.193. The highest BCUT2D eigenvalue weighted by Gasteiger charge is 2.17. The van der Waals surface area contributed by atoms with E-state index in [0.29, 0.717) is 17.2 Å². The number of carbonyl (C=O) groups excluding carboxylic acids is 1. The third kappa shape index (κ3) is 2.92. The molecule has 0 atom stereocenters. The summed E-state index contributed by atoms with van der Waals surface area (Å²) in [5, 5.41) is 0. The van der Waals surface area contributed by atoms with Crippen molar-refractivity contribution in [3.63, 3.8) is 0 Å². The molecule has 114 valence electrons. The van der Waals surface area contributed by atoms with E-state index in [1.54, 1.807) is 6.07 Å². The third-order valence-electron chi connectivity index (χ3n) is 3.25. The Morgan fingerprint density at radius 3 is 2.73 bits per heavy atom. The Bertz CT molecular complexity index is 745. The van der Waals surface area contributed by atoms with Crippen LogP contribution in [0.1, 0.15) is 22.8 Å². The van der Waals surface area contributed by atoms with Crippen molar-refractivity contribution in [1.29, 1.82) is 0 Å². The van der Waals surface area contributed by atoms with Crippen molar-refractivity contribution in [2.24, 2.45) is 0 Å². The molecule has 0 saturated carbocycles. The van der Waals surface area contributed by atoms with Crippen molar-refractivity contribution in [3.8, 4) is 17.2 Å². The van der Waals surface area contributed by atoms with Gasteiger partial charge in [0.05, 0.1) is 5.56 Å². The molecule has 0 spiro atoms. The SMILES string of the molecule is CC(=O)c1cc(F)ccc1OCc1cc2c(cc1Br)OCO2. The van der Waals surface area contributed by atoms with Gasteiger partial charge in [-0.1, -0.05) is 15.9 Å². The molecule has 2 aromatic carbocycles. The third-order valence-corrected chi connectivity index (χ3v) is 3.98. The summed E-state index contributed by atoms with van der Waals surface area (Å²) in [6.07, 6.45) is 0. The summed E-state index contributed by atoms with van der Waals surface area (Å²) in [4.78, 5) is 11.6. The highest BCUT2D eigenvalue weighted by molar-refractivity contribution is 9.10. The number of benzene rings is 2. The number of hydrogen-bond acceptors (Lipinski definition) is 4. The second-order valence-electron chi connectivity index (χ2n) is 4.78. The number of hydrogen-bond donors (Lipinski definition) is 0. The van der Waals surface area contributed by atoms with Gasteiger partial charge in [0.25, 0.3) is 0 Å². The maximum absolute atomic E-state index is 13.2. The fourth-order valence-electron chi connectivity index (χ4n) is 2.13. The largest absolute Gasteiger partial charge is 0.488 e. The molecule has 0 aliphatic carbocycles. The van der Waals surface area contributed by atoms with E-state index in [4.69, 9.17) is 14.2 Å². The van der Waals surface area contributed by atoms with Gasteiger partial charge in [0.15, 0.2) is 17.3 Å². The first-order chi connectivity index (χ1) is 10.5. The average Bonchev–Trinajstić information content (AvgIpc) is 2.92. The second kappa shape index (κ2) is 5.96. The smallest absolute Gasteiger partial charge is 0.231 e. The summed E-state index contributed by atoms with van der Waals surface area (Å²) in [5.74, 6) is 0.939. The van der Waals surface area contributed by atoms with Gasteiger partial charge in [-0.15, -0.1) is 0 Å². The normalized spacial score (nSPS) is 12.3. The zero-order chi connectivity index (χ0) is 15.7. The number of carbonyl (C=O) groups is 1. The van der Waals surface area contributed by atoms with Crippen LogP contribution in [0.25, 0.3) is 0 Å². The van der Waals surface area contributed by atoms with Crippen molar-refractivity contribution < 1.29 is 23.4 Å². The van der Waals surface area contributed by atoms with Crippen LogP contribution in [0, 0.1) is 5.82 Å². The lowest BCUT2D eigenvalue weighted by Crippen LogP contribution is -2.03. The maximum Gasteiger partial charge on any atom is 0.231 e. The molecule has 0 saturated heterocycles. The maximum atomic E-state index is 13.2. The lowest BCUT2D eigenvalue weighted by Gasteiger charge is -2.11. The van der Waals surface area contributed by atoms with E-state index in [2.05, 4.69) is 15.9 Å². The molecule has 22 heavy (non-hydrogen) atoms. The number of ketones is 1. The van der Waals surface area contributed by atoms with Crippen molar-refractivity contribution in [2.75, 3.05) is 6.79 Å². The van der Waals surface area contributed by atoms with Gasteiger partial charge < -0.3 is 14.2 Å². The van der Waals surface area contributed by atoms with Crippen molar-refractivity contribution in [3.05, 3.63) is 51.7 Å². The van der Waals surface area contributed by atoms with E-state index in [-0.39, 0.29) is 24.7 Å². The number of rotatable bonds is 4. The van der Waals surface area contributed by atoms with Gasteiger partial charge in [0, 0.05) is 10.0 Å². The van der Waals surface area contributed by atoms with E-state index < -0.39 is 5.82 Å². The summed E-state index contributed by atoms with van der Waals surface area (Å²) in [7, 11) is 0. The molecule has 0 N–H and O–H groups in total. The van der Waals surface area contributed by atoms with Gasteiger partial charge in [-0.05, 0) is 37.3 Å². The van der Waals surface area contributed by atoms with E-state index in [1.165, 1.54) is 25.1 Å². The Morgan fingerprint density at radius 1 is 1.27 bits per heavy atom. The molecule has 1 aliphatic heterocycles. The highest BCUT2D eigenvalue weighted by Crippen LogP contribution is 2.37. The number of fused-ring (bicyclic) bond motifs is 1. The Balaban J connectivity index is 1.83. The minimum Gasteiger partial charge on any atom is -0.488 e. The molecular formula is C16H12BrFO4. The highest BCUT2D eigenvalue weighted by atomic mass is 79.9. The van der Waals surface area contributed by atoms with E-state index in [9.17, 15) is 9.18 Å². The van der Waals surface area contributed by atoms with Crippen LogP contribution in [-0.2, 0) is 6.61 Å². The second-order valence-corrected chi connectivity index (χ2v) is 5.64. The zero-order valence-corrected chi connectivity index (χ0v) is 13.3. The predicted molar refractivity (Wildman–Crippen MR) is 81.0 cm³/mol. The van der Waals surface area contributed by atoms with Gasteiger partial charge in [-0.3, -0.25) is 4.79 Å². The molecule has 3 rings (SSSR count). The average molecular weight is 367 g/mol. The molecule has 0 aromatic heterocycles. The van der Waals surface area contributed by atoms with Gasteiger partial charge in [-0.25, -0.2) is 4.39 Å². The molecule has 0 bridgehead atoms. The molecular weight excluding hydrogens is 355 g/mol. The fraction of sp³-hybridized carbons (Fsp3) is 0.188. The molecule has 1 aliphatic rings. The van der Waals surface area contributed by atoms with Crippen molar-refractivity contribution in [2.45, 2.75) is 13.5 Å². The standard InChI is InChI=1S/C16H12BrFO4/c1-9(19)12-5-11(18)2-3-14(12)20-7-10-4-15-16(6-13(10)17)22-8-21-15/h2-6H,7-8H2,1H3. The zero-order valence-electron chi connectivity index (χ0n) is 11.7. The first kappa shape index (κ1) is 14.8. The van der Waals surface area contributed by atoms with Crippen LogP contribution in [0.3, 0.4) is 0 Å². The lowest BCUT2D eigenvalue weighted by atomic mass is 10.1. The van der Waals surface area contributed by atoms with Crippen LogP contribution < -0.4 is 14.2 Å². The molecule has 4 nitrogen and oxygen atoms in total. The van der Waals surface area contributed by atoms with E-state index in [0.717, 1.165) is 10.0 Å². The summed E-state index contributed by atoms with van der Waals surface area (Å²) >= 11 is 3.44. The predicted octanol–water partition coefficient (Wildman–Crippen LogP) is 4.10. The quantitative estimate of drug-likeness (QED) is 0.764. The number of halogens is 2. The molecule has 6 heteroatoms. The number of ether oxygens (including phenoxy) is 3. The molecule has 0 amide bonds. The molecule has 0 unspecified atom stereocenters. The first-order valence-electron chi connectivity index (χ1n) is 6.56. The summed E-state index contributed by atoms with van der Waals surface area (Å²) in [6.45, 7) is 1.78. The molecule has 2 aromatic rings. The Morgan fingerprint density at radius 2 is 2.00 bits per heavy atom. The van der Waals surface area contributed by atoms with Crippen molar-refractivity contribution in [1.82, 2.24) is 0 Å². The summed E-state index contributed by atoms with van der Waals surface area (Å²) in [5.41, 5.74) is 1.06. The summed E-state index contributed by atoms with van der Waals surface area (Å²) < 4.78 is 30.3. The van der Waals surface area contributed by atoms with Gasteiger partial charge in [-0.2, -0.15) is 0 Å². The van der Waals surface area contributed by atoms with Crippen LogP contribution in [0.5, 0.6) is 17.2 Å². The lowest BCUT2D eigenvalue weighted by molar-refractivity contribution is 0.101. The van der Waals surface area contributed by atoms with Crippen LogP contribution in [0.4, 0.5) is 4.39 Å².